The van der Waals surface area contributed by atoms with Crippen LogP contribution in [-0.2, 0) is 5.75 Å². The number of hydrogen-bond donors (Lipinski definition) is 1. The summed E-state index contributed by atoms with van der Waals surface area (Å²) in [4.78, 5) is 17.4. The monoisotopic (exact) mass is 421 g/mol. The molecule has 0 aliphatic heterocycles. The van der Waals surface area contributed by atoms with Gasteiger partial charge >= 0.3 is 5.91 Å². The fraction of sp³-hybridized carbons (Fsp3) is 0.100. The summed E-state index contributed by atoms with van der Waals surface area (Å²) < 4.78 is 8.39. The van der Waals surface area contributed by atoms with E-state index in [1.165, 1.54) is 11.3 Å². The summed E-state index contributed by atoms with van der Waals surface area (Å²) in [6.45, 7) is 1.92. The second-order valence-corrected chi connectivity index (χ2v) is 8.73. The summed E-state index contributed by atoms with van der Waals surface area (Å²) >= 11 is 3.07. The number of hydrogen-bond acceptors (Lipinski definition) is 7. The quantitative estimate of drug-likeness (QED) is 0.417. The van der Waals surface area contributed by atoms with Crippen molar-refractivity contribution < 1.29 is 9.21 Å². The highest BCUT2D eigenvalue weighted by Gasteiger charge is 2.22. The molecule has 3 aromatic heterocycles. The third-order valence-corrected chi connectivity index (χ3v) is 6.43. The van der Waals surface area contributed by atoms with Gasteiger partial charge in [0.1, 0.15) is 16.9 Å². The van der Waals surface area contributed by atoms with Crippen LogP contribution in [0.1, 0.15) is 21.1 Å². The van der Waals surface area contributed by atoms with Gasteiger partial charge in [-0.3, -0.25) is 10.2 Å². The number of para-hydroxylation sites is 3. The SMILES string of the molecule is Cc1nnc(SCc2c(C(=O)Nn3cnc4ccccc43)oc3ccccc23)s1. The van der Waals surface area contributed by atoms with Gasteiger partial charge in [0.2, 0.25) is 0 Å². The number of rotatable bonds is 5. The third-order valence-electron chi connectivity index (χ3n) is 4.43. The van der Waals surface area contributed by atoms with Crippen molar-refractivity contribution in [3.8, 4) is 0 Å². The lowest BCUT2D eigenvalue weighted by atomic mass is 10.1. The lowest BCUT2D eigenvalue weighted by Gasteiger charge is -2.06. The van der Waals surface area contributed by atoms with Crippen LogP contribution in [0.25, 0.3) is 22.0 Å². The average Bonchev–Trinajstić information content (AvgIpc) is 3.43. The summed E-state index contributed by atoms with van der Waals surface area (Å²) in [5.74, 6) is 0.519. The number of aryl methyl sites for hydroxylation is 1. The minimum Gasteiger partial charge on any atom is -0.451 e. The van der Waals surface area contributed by atoms with Crippen LogP contribution in [0.5, 0.6) is 0 Å². The zero-order valence-electron chi connectivity index (χ0n) is 15.3. The first kappa shape index (κ1) is 17.9. The summed E-state index contributed by atoms with van der Waals surface area (Å²) in [5, 5.41) is 10.0. The fourth-order valence-corrected chi connectivity index (χ4v) is 4.95. The number of nitrogens with one attached hydrogen (secondary N) is 1. The van der Waals surface area contributed by atoms with E-state index in [9.17, 15) is 4.79 Å². The van der Waals surface area contributed by atoms with Gasteiger partial charge in [0.15, 0.2) is 10.1 Å². The van der Waals surface area contributed by atoms with Crippen LogP contribution in [-0.4, -0.2) is 25.8 Å². The van der Waals surface area contributed by atoms with E-state index in [4.69, 9.17) is 4.42 Å². The molecule has 5 aromatic rings. The second kappa shape index (κ2) is 7.34. The number of carbonyl (C=O) groups excluding carboxylic acids is 1. The van der Waals surface area contributed by atoms with Crippen LogP contribution in [0.2, 0.25) is 0 Å². The molecule has 1 amide bonds. The number of fused-ring (bicyclic) bond motifs is 2. The maximum atomic E-state index is 13.1. The molecule has 0 spiro atoms. The molecule has 5 rings (SSSR count). The highest BCUT2D eigenvalue weighted by Crippen LogP contribution is 2.33. The molecule has 0 bridgehead atoms. The first-order valence-electron chi connectivity index (χ1n) is 8.86. The van der Waals surface area contributed by atoms with Crippen LogP contribution < -0.4 is 5.43 Å². The molecule has 0 saturated heterocycles. The number of carbonyl (C=O) groups is 1. The van der Waals surface area contributed by atoms with E-state index in [0.717, 1.165) is 31.3 Å². The van der Waals surface area contributed by atoms with E-state index >= 15 is 0 Å². The van der Waals surface area contributed by atoms with E-state index in [1.807, 2.05) is 55.5 Å². The number of imidazole rings is 1. The molecule has 29 heavy (non-hydrogen) atoms. The van der Waals surface area contributed by atoms with Crippen molar-refractivity contribution in [1.29, 1.82) is 0 Å². The molecule has 0 aliphatic carbocycles. The van der Waals surface area contributed by atoms with Gasteiger partial charge in [-0.15, -0.1) is 10.2 Å². The summed E-state index contributed by atoms with van der Waals surface area (Å²) in [5.41, 5.74) is 6.01. The molecule has 0 unspecified atom stereocenters. The Kier molecular flexibility index (Phi) is 4.53. The van der Waals surface area contributed by atoms with Crippen molar-refractivity contribution in [2.45, 2.75) is 17.0 Å². The molecule has 144 valence electrons. The molecular formula is C20H15N5O2S2. The number of furan rings is 1. The molecule has 0 fully saturated rings. The van der Waals surface area contributed by atoms with E-state index in [1.54, 1.807) is 22.8 Å². The zero-order valence-corrected chi connectivity index (χ0v) is 17.0. The van der Waals surface area contributed by atoms with E-state index in [-0.39, 0.29) is 11.7 Å². The van der Waals surface area contributed by atoms with Crippen molar-refractivity contribution in [2.24, 2.45) is 0 Å². The standard InChI is InChI=1S/C20H15N5O2S2/c1-12-22-23-20(29-12)28-10-14-13-6-2-5-9-17(13)27-18(14)19(26)24-25-11-21-15-7-3-4-8-16(15)25/h2-9,11H,10H2,1H3,(H,24,26). The Morgan fingerprint density at radius 1 is 1.17 bits per heavy atom. The Morgan fingerprint density at radius 3 is 2.86 bits per heavy atom. The van der Waals surface area contributed by atoms with Crippen LogP contribution in [0, 0.1) is 6.92 Å². The van der Waals surface area contributed by atoms with Crippen molar-refractivity contribution in [3.05, 3.63) is 71.2 Å². The normalized spacial score (nSPS) is 11.3. The summed E-state index contributed by atoms with van der Waals surface area (Å²) in [7, 11) is 0. The van der Waals surface area contributed by atoms with Gasteiger partial charge in [-0.1, -0.05) is 53.4 Å². The minimum absolute atomic E-state index is 0.290. The molecule has 3 heterocycles. The zero-order chi connectivity index (χ0) is 19.8. The Balaban J connectivity index is 1.49. The van der Waals surface area contributed by atoms with Gasteiger partial charge in [-0.05, 0) is 25.1 Å². The predicted octanol–water partition coefficient (Wildman–Crippen LogP) is 4.62. The Hall–Kier alpha value is -3.17. The van der Waals surface area contributed by atoms with Crippen molar-refractivity contribution in [2.75, 3.05) is 5.43 Å². The van der Waals surface area contributed by atoms with Crippen LogP contribution in [0.3, 0.4) is 0 Å². The van der Waals surface area contributed by atoms with Crippen LogP contribution in [0.15, 0.2) is 63.6 Å². The number of amides is 1. The van der Waals surface area contributed by atoms with Crippen molar-refractivity contribution >= 4 is 51.0 Å². The fourth-order valence-electron chi connectivity index (χ4n) is 3.10. The Labute approximate surface area is 173 Å². The second-order valence-electron chi connectivity index (χ2n) is 6.33. The highest BCUT2D eigenvalue weighted by atomic mass is 32.2. The number of thioether (sulfide) groups is 1. The van der Waals surface area contributed by atoms with Crippen molar-refractivity contribution in [3.63, 3.8) is 0 Å². The predicted molar refractivity (Wildman–Crippen MR) is 114 cm³/mol. The largest absolute Gasteiger partial charge is 0.451 e. The van der Waals surface area contributed by atoms with E-state index in [2.05, 4.69) is 20.6 Å². The number of aromatic nitrogens is 4. The third kappa shape index (κ3) is 3.39. The molecule has 7 nitrogen and oxygen atoms in total. The van der Waals surface area contributed by atoms with Gasteiger partial charge < -0.3 is 4.42 Å². The summed E-state index contributed by atoms with van der Waals surface area (Å²) in [6, 6.07) is 15.3. The first-order valence-corrected chi connectivity index (χ1v) is 10.7. The maximum Gasteiger partial charge on any atom is 0.306 e. The first-order chi connectivity index (χ1) is 14.2. The molecule has 1 N–H and O–H groups in total. The van der Waals surface area contributed by atoms with E-state index < -0.39 is 0 Å². The van der Waals surface area contributed by atoms with E-state index in [0.29, 0.717) is 11.3 Å². The van der Waals surface area contributed by atoms with Crippen molar-refractivity contribution in [1.82, 2.24) is 19.9 Å². The minimum atomic E-state index is -0.326. The van der Waals surface area contributed by atoms with Gasteiger partial charge in [0.25, 0.3) is 0 Å². The lowest BCUT2D eigenvalue weighted by molar-refractivity contribution is 0.0983. The lowest BCUT2D eigenvalue weighted by Crippen LogP contribution is -2.22. The maximum absolute atomic E-state index is 13.1. The Morgan fingerprint density at radius 2 is 2.00 bits per heavy atom. The molecule has 2 aromatic carbocycles. The smallest absolute Gasteiger partial charge is 0.306 e. The van der Waals surface area contributed by atoms with Crippen LogP contribution in [0.4, 0.5) is 0 Å². The topological polar surface area (TPSA) is 85.8 Å². The Bertz CT molecular complexity index is 1340. The van der Waals surface area contributed by atoms with Gasteiger partial charge in [-0.25, -0.2) is 9.66 Å². The molecule has 0 aliphatic rings. The number of nitrogens with zero attached hydrogens (tertiary/aromatic N) is 4. The molecular weight excluding hydrogens is 406 g/mol. The molecule has 9 heteroatoms. The molecule has 0 radical (unpaired) electrons. The molecule has 0 saturated carbocycles. The van der Waals surface area contributed by atoms with Gasteiger partial charge in [0, 0.05) is 16.7 Å². The van der Waals surface area contributed by atoms with Gasteiger partial charge in [0.05, 0.1) is 11.0 Å². The molecule has 0 atom stereocenters. The summed E-state index contributed by atoms with van der Waals surface area (Å²) in [6.07, 6.45) is 1.59. The highest BCUT2D eigenvalue weighted by molar-refractivity contribution is 8.00. The van der Waals surface area contributed by atoms with Gasteiger partial charge in [-0.2, -0.15) is 0 Å². The number of benzene rings is 2. The average molecular weight is 422 g/mol. The van der Waals surface area contributed by atoms with Crippen LogP contribution >= 0.6 is 23.1 Å².